The first kappa shape index (κ1) is 11.1. The van der Waals surface area contributed by atoms with Crippen LogP contribution in [0.25, 0.3) is 0 Å². The van der Waals surface area contributed by atoms with Crippen LogP contribution in [-0.2, 0) is 9.53 Å². The van der Waals surface area contributed by atoms with Gasteiger partial charge in [0.05, 0.1) is 0 Å². The average Bonchev–Trinajstić information content (AvgIpc) is 2.19. The number of aliphatic hydroxyl groups is 5. The molecular weight excluding hydrogens is 196 g/mol. The second-order valence-corrected chi connectivity index (χ2v) is 2.91. The van der Waals surface area contributed by atoms with Crippen molar-refractivity contribution in [2.24, 2.45) is 0 Å². The molecule has 1 heterocycles. The van der Waals surface area contributed by atoms with Crippen molar-refractivity contribution in [3.05, 3.63) is 5.76 Å². The van der Waals surface area contributed by atoms with Crippen LogP contribution in [0.2, 0.25) is 0 Å². The monoisotopic (exact) mass is 206 g/mol. The zero-order valence-electron chi connectivity index (χ0n) is 6.94. The lowest BCUT2D eigenvalue weighted by Gasteiger charge is -2.37. The predicted molar refractivity (Wildman–Crippen MR) is 40.7 cm³/mol. The first-order valence-corrected chi connectivity index (χ1v) is 3.80. The molecule has 0 unspecified atom stereocenters. The van der Waals surface area contributed by atoms with Crippen LogP contribution in [0.5, 0.6) is 0 Å². The van der Waals surface area contributed by atoms with Crippen LogP contribution in [0.4, 0.5) is 0 Å². The fraction of sp³-hybridized carbons (Fsp3) is 0.714. The second kappa shape index (κ2) is 4.05. The molecule has 1 aliphatic rings. The molecule has 0 bridgehead atoms. The molecule has 0 aromatic heterocycles. The quantitative estimate of drug-likeness (QED) is 0.229. The lowest BCUT2D eigenvalue weighted by Crippen LogP contribution is -2.57. The van der Waals surface area contributed by atoms with E-state index in [1.807, 2.05) is 0 Å². The molecule has 1 rings (SSSR count). The summed E-state index contributed by atoms with van der Waals surface area (Å²) < 4.78 is 4.48. The topological polar surface area (TPSA) is 127 Å². The molecule has 5 N–H and O–H groups in total. The fourth-order valence-corrected chi connectivity index (χ4v) is 1.15. The van der Waals surface area contributed by atoms with Gasteiger partial charge < -0.3 is 30.3 Å². The minimum atomic E-state index is -1.78. The number of ether oxygens (including phenoxy) is 1. The molecule has 0 saturated carbocycles. The number of hydrogen-bond acceptors (Lipinski definition) is 7. The first-order valence-electron chi connectivity index (χ1n) is 3.80. The second-order valence-electron chi connectivity index (χ2n) is 2.91. The summed E-state index contributed by atoms with van der Waals surface area (Å²) >= 11 is 0. The van der Waals surface area contributed by atoms with Gasteiger partial charge >= 0.3 is 0 Å². The molecule has 0 aromatic rings. The van der Waals surface area contributed by atoms with Gasteiger partial charge in [-0.2, -0.15) is 0 Å². The van der Waals surface area contributed by atoms with Crippen LogP contribution in [0, 0.1) is 0 Å². The lowest BCUT2D eigenvalue weighted by molar-refractivity contribution is -0.277. The maximum atomic E-state index is 10.0. The number of hydrogen-bond donors (Lipinski definition) is 5. The Hall–Kier alpha value is -0.950. The lowest BCUT2D eigenvalue weighted by atomic mass is 9.98. The van der Waals surface area contributed by atoms with E-state index in [0.29, 0.717) is 0 Å². The first-order chi connectivity index (χ1) is 6.49. The highest BCUT2D eigenvalue weighted by Crippen LogP contribution is 2.22. The van der Waals surface area contributed by atoms with Crippen molar-refractivity contribution in [3.63, 3.8) is 0 Å². The van der Waals surface area contributed by atoms with E-state index in [2.05, 4.69) is 4.74 Å². The molecule has 0 radical (unpaired) electrons. The standard InChI is InChI=1S/C7H10O7/c8-1-2(9)6-4(11)3(10)5(12)7(13)14-6/h3-7,9-13H/t3-,4-,5+,6+,7+/m0/s1. The van der Waals surface area contributed by atoms with Crippen LogP contribution >= 0.6 is 0 Å². The van der Waals surface area contributed by atoms with Crippen LogP contribution in [0.15, 0.2) is 5.76 Å². The normalized spacial score (nSPS) is 43.0. The van der Waals surface area contributed by atoms with E-state index < -0.39 is 36.5 Å². The maximum Gasteiger partial charge on any atom is 0.209 e. The van der Waals surface area contributed by atoms with E-state index in [1.165, 1.54) is 0 Å². The molecule has 0 amide bonds. The SMILES string of the molecule is O=C=C(O)[C@H]1O[C@@H](O)[C@H](O)[C@@H](O)[C@@H]1O. The highest BCUT2D eigenvalue weighted by atomic mass is 16.6. The summed E-state index contributed by atoms with van der Waals surface area (Å²) in [5.41, 5.74) is 0. The summed E-state index contributed by atoms with van der Waals surface area (Å²) in [7, 11) is 0. The Balaban J connectivity index is 2.85. The Labute approximate surface area is 78.5 Å². The van der Waals surface area contributed by atoms with Gasteiger partial charge in [-0.3, -0.25) is 0 Å². The number of carbonyl (C=O) groups excluding carboxylic acids is 1. The van der Waals surface area contributed by atoms with Gasteiger partial charge in [0.1, 0.15) is 18.3 Å². The van der Waals surface area contributed by atoms with Crippen molar-refractivity contribution in [1.82, 2.24) is 0 Å². The molecule has 1 saturated heterocycles. The third-order valence-corrected chi connectivity index (χ3v) is 1.96. The van der Waals surface area contributed by atoms with Crippen molar-refractivity contribution < 1.29 is 35.1 Å². The van der Waals surface area contributed by atoms with Crippen molar-refractivity contribution in [3.8, 4) is 0 Å². The van der Waals surface area contributed by atoms with Gasteiger partial charge in [0.2, 0.25) is 5.76 Å². The highest BCUT2D eigenvalue weighted by Gasteiger charge is 2.45. The smallest absolute Gasteiger partial charge is 0.209 e. The Morgan fingerprint density at radius 2 is 1.64 bits per heavy atom. The third-order valence-electron chi connectivity index (χ3n) is 1.96. The number of rotatable bonds is 1. The van der Waals surface area contributed by atoms with Crippen LogP contribution in [0.1, 0.15) is 0 Å². The van der Waals surface area contributed by atoms with E-state index in [0.717, 1.165) is 5.94 Å². The van der Waals surface area contributed by atoms with E-state index in [1.54, 1.807) is 0 Å². The molecule has 0 spiro atoms. The van der Waals surface area contributed by atoms with Gasteiger partial charge in [-0.25, -0.2) is 4.79 Å². The van der Waals surface area contributed by atoms with Crippen LogP contribution in [-0.4, -0.2) is 62.2 Å². The van der Waals surface area contributed by atoms with Gasteiger partial charge in [0.25, 0.3) is 0 Å². The largest absolute Gasteiger partial charge is 0.500 e. The van der Waals surface area contributed by atoms with Gasteiger partial charge in [-0.15, -0.1) is 0 Å². The van der Waals surface area contributed by atoms with Gasteiger partial charge in [0, 0.05) is 0 Å². The molecule has 1 aliphatic heterocycles. The zero-order valence-corrected chi connectivity index (χ0v) is 6.94. The molecule has 5 atom stereocenters. The minimum Gasteiger partial charge on any atom is -0.500 e. The Morgan fingerprint density at radius 1 is 1.07 bits per heavy atom. The molecule has 0 aromatic carbocycles. The predicted octanol–water partition coefficient (Wildman–Crippen LogP) is -2.94. The highest BCUT2D eigenvalue weighted by molar-refractivity contribution is 5.50. The minimum absolute atomic E-state index is 0.984. The molecule has 14 heavy (non-hydrogen) atoms. The molecule has 0 aliphatic carbocycles. The van der Waals surface area contributed by atoms with E-state index in [-0.39, 0.29) is 0 Å². The van der Waals surface area contributed by atoms with Gasteiger partial charge in [-0.05, 0) is 0 Å². The van der Waals surface area contributed by atoms with Crippen LogP contribution < -0.4 is 0 Å². The van der Waals surface area contributed by atoms with E-state index in [9.17, 15) is 9.90 Å². The molecule has 7 heteroatoms. The number of aliphatic hydroxyl groups excluding tert-OH is 5. The fourth-order valence-electron chi connectivity index (χ4n) is 1.15. The van der Waals surface area contributed by atoms with Crippen molar-refractivity contribution in [1.29, 1.82) is 0 Å². The molecule has 1 fully saturated rings. The zero-order chi connectivity index (χ0) is 10.9. The van der Waals surface area contributed by atoms with Gasteiger partial charge in [0.15, 0.2) is 18.3 Å². The third kappa shape index (κ3) is 1.78. The Morgan fingerprint density at radius 3 is 2.14 bits per heavy atom. The summed E-state index contributed by atoms with van der Waals surface area (Å²) in [5, 5.41) is 45.2. The summed E-state index contributed by atoms with van der Waals surface area (Å²) in [6.07, 6.45) is -8.47. The van der Waals surface area contributed by atoms with E-state index >= 15 is 0 Å². The molecule has 80 valence electrons. The van der Waals surface area contributed by atoms with Crippen molar-refractivity contribution in [2.45, 2.75) is 30.7 Å². The van der Waals surface area contributed by atoms with Crippen molar-refractivity contribution in [2.75, 3.05) is 0 Å². The summed E-state index contributed by atoms with van der Waals surface area (Å²) in [4.78, 5) is 10.0. The maximum absolute atomic E-state index is 10.0. The molecular formula is C7H10O7. The Bertz CT molecular complexity index is 259. The Kier molecular flexibility index (Phi) is 3.22. The van der Waals surface area contributed by atoms with E-state index in [4.69, 9.17) is 20.4 Å². The van der Waals surface area contributed by atoms with Gasteiger partial charge in [-0.1, -0.05) is 0 Å². The van der Waals surface area contributed by atoms with Crippen molar-refractivity contribution >= 4 is 5.94 Å². The summed E-state index contributed by atoms with van der Waals surface area (Å²) in [6, 6.07) is 0. The van der Waals surface area contributed by atoms with Crippen LogP contribution in [0.3, 0.4) is 0 Å². The molecule has 7 nitrogen and oxygen atoms in total. The summed E-state index contributed by atoms with van der Waals surface area (Å²) in [5.74, 6) is 0.0706. The summed E-state index contributed by atoms with van der Waals surface area (Å²) in [6.45, 7) is 0. The average molecular weight is 206 g/mol.